The third-order valence-corrected chi connectivity index (χ3v) is 3.89. The number of benzene rings is 1. The number of aryl methyl sites for hydroxylation is 1. The monoisotopic (exact) mass is 352 g/mol. The van der Waals surface area contributed by atoms with Gasteiger partial charge in [-0.05, 0) is 30.2 Å². The number of esters is 1. The van der Waals surface area contributed by atoms with Gasteiger partial charge in [-0.2, -0.15) is 5.10 Å². The lowest BCUT2D eigenvalue weighted by molar-refractivity contribution is 0.0442. The van der Waals surface area contributed by atoms with Gasteiger partial charge >= 0.3 is 5.97 Å². The number of furan rings is 1. The molecule has 0 aliphatic carbocycles. The zero-order valence-corrected chi connectivity index (χ0v) is 14.6. The maximum absolute atomic E-state index is 12.1. The Balaban J connectivity index is 1.53. The second kappa shape index (κ2) is 8.29. The maximum Gasteiger partial charge on any atom is 0.374 e. The average Bonchev–Trinajstić information content (AvgIpc) is 3.33. The summed E-state index contributed by atoms with van der Waals surface area (Å²) in [6, 6.07) is 12.4. The summed E-state index contributed by atoms with van der Waals surface area (Å²) < 4.78 is 12.2. The molecule has 0 fully saturated rings. The summed E-state index contributed by atoms with van der Waals surface area (Å²) in [6.45, 7) is 2.21. The topological polar surface area (TPSA) is 74.3 Å². The van der Waals surface area contributed by atoms with Crippen LogP contribution in [0.25, 0.3) is 0 Å². The van der Waals surface area contributed by atoms with E-state index < -0.39 is 5.97 Å². The molecule has 6 nitrogen and oxygen atoms in total. The van der Waals surface area contributed by atoms with Gasteiger partial charge < -0.3 is 9.15 Å². The molecule has 3 aromatic rings. The molecule has 0 aliphatic heterocycles. The summed E-state index contributed by atoms with van der Waals surface area (Å²) in [5.41, 5.74) is 1.71. The number of hydrogen-bond donors (Lipinski definition) is 0. The smallest absolute Gasteiger partial charge is 0.374 e. The number of carbonyl (C=O) groups excluding carboxylic acids is 2. The molecule has 0 bridgehead atoms. The molecule has 6 heteroatoms. The van der Waals surface area contributed by atoms with E-state index in [2.05, 4.69) is 12.0 Å². The Kier molecular flexibility index (Phi) is 5.63. The second-order valence-electron chi connectivity index (χ2n) is 5.92. The molecular weight excluding hydrogens is 332 g/mol. The van der Waals surface area contributed by atoms with Crippen molar-refractivity contribution in [3.8, 4) is 0 Å². The van der Waals surface area contributed by atoms with E-state index in [-0.39, 0.29) is 18.2 Å². The van der Waals surface area contributed by atoms with Crippen LogP contribution in [-0.2, 0) is 17.7 Å². The predicted molar refractivity (Wildman–Crippen MR) is 95.1 cm³/mol. The van der Waals surface area contributed by atoms with E-state index in [1.807, 2.05) is 12.1 Å². The number of nitrogens with zero attached hydrogens (tertiary/aromatic N) is 2. The number of rotatable bonds is 8. The number of ether oxygens (including phenoxy) is 1. The Hall–Kier alpha value is -3.15. The molecule has 0 saturated heterocycles. The van der Waals surface area contributed by atoms with Gasteiger partial charge in [-0.25, -0.2) is 4.79 Å². The van der Waals surface area contributed by atoms with Crippen LogP contribution in [-0.4, -0.2) is 28.1 Å². The first-order chi connectivity index (χ1) is 12.7. The number of Topliss-reactive ketones (excluding diaryl/α,β-unsaturated/α-hetero) is 1. The van der Waals surface area contributed by atoms with Crippen LogP contribution < -0.4 is 0 Å². The van der Waals surface area contributed by atoms with Crippen molar-refractivity contribution in [2.45, 2.75) is 26.3 Å². The highest BCUT2D eigenvalue weighted by Gasteiger charge is 2.15. The minimum absolute atomic E-state index is 0.0678. The fourth-order valence-electron chi connectivity index (χ4n) is 2.56. The molecule has 0 atom stereocenters. The number of ketones is 1. The van der Waals surface area contributed by atoms with Crippen molar-refractivity contribution in [3.63, 3.8) is 0 Å². The summed E-state index contributed by atoms with van der Waals surface area (Å²) in [7, 11) is 0. The van der Waals surface area contributed by atoms with E-state index in [1.54, 1.807) is 41.3 Å². The zero-order valence-electron chi connectivity index (χ0n) is 14.6. The summed E-state index contributed by atoms with van der Waals surface area (Å²) in [5, 5.41) is 4.07. The van der Waals surface area contributed by atoms with Crippen LogP contribution in [0.5, 0.6) is 0 Å². The SMILES string of the molecule is CCCc1ccc(C(=O)COC(=O)c2ccc(Cn3cccn3)o2)cc1. The van der Waals surface area contributed by atoms with E-state index >= 15 is 0 Å². The quantitative estimate of drug-likeness (QED) is 0.458. The lowest BCUT2D eigenvalue weighted by atomic mass is 10.1. The van der Waals surface area contributed by atoms with E-state index in [4.69, 9.17) is 9.15 Å². The van der Waals surface area contributed by atoms with Crippen LogP contribution in [0, 0.1) is 0 Å². The third-order valence-electron chi connectivity index (χ3n) is 3.89. The molecule has 0 unspecified atom stereocenters. The first-order valence-electron chi connectivity index (χ1n) is 8.51. The van der Waals surface area contributed by atoms with Gasteiger partial charge in [0, 0.05) is 18.0 Å². The summed E-state index contributed by atoms with van der Waals surface area (Å²) in [5.74, 6) is -0.255. The normalized spacial score (nSPS) is 10.7. The largest absolute Gasteiger partial charge is 0.452 e. The summed E-state index contributed by atoms with van der Waals surface area (Å²) in [6.07, 6.45) is 5.49. The zero-order chi connectivity index (χ0) is 18.4. The van der Waals surface area contributed by atoms with Gasteiger partial charge in [0.15, 0.2) is 12.4 Å². The van der Waals surface area contributed by atoms with Crippen LogP contribution in [0.4, 0.5) is 0 Å². The first-order valence-corrected chi connectivity index (χ1v) is 8.51. The van der Waals surface area contributed by atoms with Gasteiger partial charge in [0.05, 0.1) is 6.54 Å². The second-order valence-corrected chi connectivity index (χ2v) is 5.92. The maximum atomic E-state index is 12.1. The first kappa shape index (κ1) is 17.7. The Morgan fingerprint density at radius 2 is 1.96 bits per heavy atom. The van der Waals surface area contributed by atoms with Gasteiger partial charge in [0.1, 0.15) is 5.76 Å². The number of carbonyl (C=O) groups is 2. The van der Waals surface area contributed by atoms with Crippen LogP contribution in [0.15, 0.2) is 59.3 Å². The van der Waals surface area contributed by atoms with Crippen molar-refractivity contribution in [2.24, 2.45) is 0 Å². The number of aromatic nitrogens is 2. The van der Waals surface area contributed by atoms with Gasteiger partial charge in [-0.1, -0.05) is 37.6 Å². The van der Waals surface area contributed by atoms with Crippen molar-refractivity contribution in [1.82, 2.24) is 9.78 Å². The third kappa shape index (κ3) is 4.47. The van der Waals surface area contributed by atoms with Crippen molar-refractivity contribution in [3.05, 3.63) is 77.5 Å². The molecule has 0 aliphatic rings. The molecule has 0 saturated carbocycles. The van der Waals surface area contributed by atoms with Gasteiger partial charge in [0.2, 0.25) is 5.76 Å². The fraction of sp³-hybridized carbons (Fsp3) is 0.250. The van der Waals surface area contributed by atoms with Crippen LogP contribution >= 0.6 is 0 Å². The summed E-state index contributed by atoms with van der Waals surface area (Å²) in [4.78, 5) is 24.2. The number of hydrogen-bond acceptors (Lipinski definition) is 5. The lowest BCUT2D eigenvalue weighted by Crippen LogP contribution is -2.14. The van der Waals surface area contributed by atoms with E-state index in [0.29, 0.717) is 17.9 Å². The molecule has 2 heterocycles. The molecule has 26 heavy (non-hydrogen) atoms. The molecule has 0 N–H and O–H groups in total. The predicted octanol–water partition coefficient (Wildman–Crippen LogP) is 3.52. The van der Waals surface area contributed by atoms with Crippen molar-refractivity contribution in [1.29, 1.82) is 0 Å². The Morgan fingerprint density at radius 3 is 2.65 bits per heavy atom. The van der Waals surface area contributed by atoms with E-state index in [9.17, 15) is 9.59 Å². The Morgan fingerprint density at radius 1 is 1.15 bits per heavy atom. The molecule has 0 amide bonds. The lowest BCUT2D eigenvalue weighted by Gasteiger charge is -2.04. The van der Waals surface area contributed by atoms with Crippen LogP contribution in [0.3, 0.4) is 0 Å². The van der Waals surface area contributed by atoms with Crippen molar-refractivity contribution in [2.75, 3.05) is 6.61 Å². The minimum Gasteiger partial charge on any atom is -0.452 e. The van der Waals surface area contributed by atoms with Gasteiger partial charge in [-0.15, -0.1) is 0 Å². The van der Waals surface area contributed by atoms with Gasteiger partial charge in [-0.3, -0.25) is 9.48 Å². The van der Waals surface area contributed by atoms with Gasteiger partial charge in [0.25, 0.3) is 0 Å². The molecule has 3 rings (SSSR count). The molecule has 0 spiro atoms. The highest BCUT2D eigenvalue weighted by molar-refractivity contribution is 5.98. The van der Waals surface area contributed by atoms with Crippen LogP contribution in [0.2, 0.25) is 0 Å². The van der Waals surface area contributed by atoms with Crippen molar-refractivity contribution >= 4 is 11.8 Å². The molecule has 134 valence electrons. The van der Waals surface area contributed by atoms with E-state index in [0.717, 1.165) is 12.8 Å². The summed E-state index contributed by atoms with van der Waals surface area (Å²) >= 11 is 0. The highest BCUT2D eigenvalue weighted by Crippen LogP contribution is 2.12. The average molecular weight is 352 g/mol. The molecule has 1 aromatic carbocycles. The Bertz CT molecular complexity index is 864. The molecule has 2 aromatic heterocycles. The minimum atomic E-state index is -0.660. The Labute approximate surface area is 151 Å². The molecule has 0 radical (unpaired) electrons. The highest BCUT2D eigenvalue weighted by atomic mass is 16.5. The van der Waals surface area contributed by atoms with E-state index in [1.165, 1.54) is 11.6 Å². The van der Waals surface area contributed by atoms with Crippen LogP contribution in [0.1, 0.15) is 45.6 Å². The fourth-order valence-corrected chi connectivity index (χ4v) is 2.56. The standard InChI is InChI=1S/C20H20N2O4/c1-2-4-15-5-7-16(8-6-15)18(23)14-25-20(24)19-10-9-17(26-19)13-22-12-3-11-21-22/h3,5-12H,2,4,13-14H2,1H3. The molecular formula is C20H20N2O4. The van der Waals surface area contributed by atoms with Crippen molar-refractivity contribution < 1.29 is 18.7 Å².